The Morgan fingerprint density at radius 2 is 1.20 bits per heavy atom. The van der Waals surface area contributed by atoms with E-state index in [4.69, 9.17) is 13.8 Å². The third-order valence-electron chi connectivity index (χ3n) is 8.89. The number of thiophene rings is 1. The molecule has 0 unspecified atom stereocenters. The van der Waals surface area contributed by atoms with Gasteiger partial charge in [-0.2, -0.15) is 0 Å². The molecule has 0 atom stereocenters. The average Bonchev–Trinajstić information content (AvgIpc) is 3.82. The second-order valence-electron chi connectivity index (χ2n) is 11.6. The van der Waals surface area contributed by atoms with Gasteiger partial charge in [-0.3, -0.25) is 0 Å². The minimum Gasteiger partial charge on any atom is -0.456 e. The number of fused-ring (bicyclic) bond motifs is 9. The Kier molecular flexibility index (Phi) is 5.41. The van der Waals surface area contributed by atoms with Crippen molar-refractivity contribution in [3.05, 3.63) is 146 Å². The van der Waals surface area contributed by atoms with E-state index in [9.17, 15) is 0 Å². The Morgan fingerprint density at radius 1 is 0.478 bits per heavy atom. The van der Waals surface area contributed by atoms with Crippen LogP contribution in [0.5, 0.6) is 0 Å². The normalized spacial score (nSPS) is 11.9. The Labute approximate surface area is 267 Å². The van der Waals surface area contributed by atoms with Crippen LogP contribution in [0.15, 0.2) is 154 Å². The second kappa shape index (κ2) is 9.80. The lowest BCUT2D eigenvalue weighted by atomic mass is 10.0. The molecule has 4 nitrogen and oxygen atoms in total. The minimum atomic E-state index is 0.623. The smallest absolute Gasteiger partial charge is 0.227 e. The number of furan rings is 1. The van der Waals surface area contributed by atoms with Crippen LogP contribution >= 0.6 is 11.3 Å². The lowest BCUT2D eigenvalue weighted by Crippen LogP contribution is -2.10. The number of hydrogen-bond donors (Lipinski definition) is 0. The zero-order valence-electron chi connectivity index (χ0n) is 24.5. The summed E-state index contributed by atoms with van der Waals surface area (Å²) in [4.78, 5) is 7.21. The van der Waals surface area contributed by atoms with Crippen LogP contribution in [0.1, 0.15) is 0 Å². The van der Waals surface area contributed by atoms with Crippen LogP contribution in [0, 0.1) is 0 Å². The number of rotatable bonds is 4. The molecule has 0 aliphatic rings. The van der Waals surface area contributed by atoms with Crippen LogP contribution < -0.4 is 4.90 Å². The van der Waals surface area contributed by atoms with Gasteiger partial charge in [-0.05, 0) is 78.9 Å². The fourth-order valence-corrected chi connectivity index (χ4v) is 7.85. The van der Waals surface area contributed by atoms with Crippen LogP contribution in [0.4, 0.5) is 17.1 Å². The van der Waals surface area contributed by atoms with E-state index in [1.165, 1.54) is 20.2 Å². The third kappa shape index (κ3) is 3.82. The van der Waals surface area contributed by atoms with E-state index in [-0.39, 0.29) is 0 Å². The Bertz CT molecular complexity index is 2660. The van der Waals surface area contributed by atoms with Gasteiger partial charge in [0.1, 0.15) is 16.7 Å². The summed E-state index contributed by atoms with van der Waals surface area (Å²) in [5, 5.41) is 6.82. The number of aromatic nitrogens is 1. The maximum absolute atomic E-state index is 6.46. The summed E-state index contributed by atoms with van der Waals surface area (Å²) in [5.74, 6) is 0.623. The molecule has 7 aromatic carbocycles. The first-order chi connectivity index (χ1) is 22.8. The number of nitrogens with zero attached hydrogens (tertiary/aromatic N) is 2. The summed E-state index contributed by atoms with van der Waals surface area (Å²) in [6, 6.07) is 50.9. The van der Waals surface area contributed by atoms with Crippen molar-refractivity contribution in [1.82, 2.24) is 4.98 Å². The van der Waals surface area contributed by atoms with E-state index < -0.39 is 0 Å². The van der Waals surface area contributed by atoms with Crippen LogP contribution in [0.2, 0.25) is 0 Å². The highest BCUT2D eigenvalue weighted by Gasteiger charge is 2.20. The van der Waals surface area contributed by atoms with Gasteiger partial charge in [0, 0.05) is 58.7 Å². The first-order valence-electron chi connectivity index (χ1n) is 15.3. The van der Waals surface area contributed by atoms with E-state index in [1.54, 1.807) is 0 Å². The first kappa shape index (κ1) is 25.4. The number of benzene rings is 7. The zero-order chi connectivity index (χ0) is 30.2. The number of anilines is 3. The lowest BCUT2D eigenvalue weighted by Gasteiger charge is -2.27. The SMILES string of the molecule is c1ccc(-c2nc3ccc4c(N(c5ccc6oc7ccccc7c6c5)c5ccc6sc7ccccc7c6c5)cccc4c3o2)cc1. The maximum atomic E-state index is 6.46. The van der Waals surface area contributed by atoms with Gasteiger partial charge < -0.3 is 13.7 Å². The molecule has 0 radical (unpaired) electrons. The summed E-state index contributed by atoms with van der Waals surface area (Å²) < 4.78 is 15.2. The molecule has 0 N–H and O–H groups in total. The topological polar surface area (TPSA) is 42.4 Å². The lowest BCUT2D eigenvalue weighted by molar-refractivity contribution is 0.623. The van der Waals surface area contributed by atoms with Gasteiger partial charge >= 0.3 is 0 Å². The van der Waals surface area contributed by atoms with Crippen molar-refractivity contribution in [2.24, 2.45) is 0 Å². The molecular weight excluding hydrogens is 585 g/mol. The second-order valence-corrected chi connectivity index (χ2v) is 12.6. The van der Waals surface area contributed by atoms with Gasteiger partial charge in [-0.1, -0.05) is 66.7 Å². The molecule has 0 bridgehead atoms. The van der Waals surface area contributed by atoms with E-state index in [0.29, 0.717) is 5.89 Å². The van der Waals surface area contributed by atoms with Gasteiger partial charge in [0.2, 0.25) is 5.89 Å². The van der Waals surface area contributed by atoms with Gasteiger partial charge in [0.05, 0.1) is 5.69 Å². The molecule has 0 fully saturated rings. The van der Waals surface area contributed by atoms with Gasteiger partial charge in [0.25, 0.3) is 0 Å². The molecular formula is C41H24N2O2S. The van der Waals surface area contributed by atoms with E-state index in [2.05, 4.69) is 108 Å². The average molecular weight is 609 g/mol. The predicted molar refractivity (Wildman–Crippen MR) is 192 cm³/mol. The predicted octanol–water partition coefficient (Wildman–Crippen LogP) is 12.4. The Morgan fingerprint density at radius 3 is 2.11 bits per heavy atom. The summed E-state index contributed by atoms with van der Waals surface area (Å²) in [7, 11) is 0. The fraction of sp³-hybridized carbons (Fsp3) is 0. The Balaban J connectivity index is 1.24. The summed E-state index contributed by atoms with van der Waals surface area (Å²) >= 11 is 1.83. The van der Waals surface area contributed by atoms with Gasteiger partial charge in [-0.15, -0.1) is 11.3 Å². The molecule has 3 aromatic heterocycles. The standard InChI is InChI=1S/C41H24N2O2S/c1-2-9-25(10-3-1)41-42-34-20-19-28-31(40(34)45-41)13-8-14-35(28)43(26-17-21-37-32(23-26)29-11-4-6-15-36(29)44-37)27-18-22-39-33(24-27)30-12-5-7-16-38(30)46-39/h1-24H. The van der Waals surface area contributed by atoms with Crippen LogP contribution in [-0.2, 0) is 0 Å². The van der Waals surface area contributed by atoms with Crippen molar-refractivity contribution in [2.45, 2.75) is 0 Å². The summed E-state index contributed by atoms with van der Waals surface area (Å²) in [5.41, 5.74) is 7.54. The van der Waals surface area contributed by atoms with E-state index in [0.717, 1.165) is 66.4 Å². The van der Waals surface area contributed by atoms with Crippen molar-refractivity contribution in [2.75, 3.05) is 4.90 Å². The largest absolute Gasteiger partial charge is 0.456 e. The highest BCUT2D eigenvalue weighted by molar-refractivity contribution is 7.25. The molecule has 0 saturated heterocycles. The van der Waals surface area contributed by atoms with Crippen molar-refractivity contribution < 1.29 is 8.83 Å². The molecule has 0 spiro atoms. The quantitative estimate of drug-likeness (QED) is 0.199. The maximum Gasteiger partial charge on any atom is 0.227 e. The molecule has 0 amide bonds. The van der Waals surface area contributed by atoms with Crippen molar-refractivity contribution in [3.8, 4) is 11.5 Å². The summed E-state index contributed by atoms with van der Waals surface area (Å²) in [6.07, 6.45) is 0. The molecule has 10 rings (SSSR count). The minimum absolute atomic E-state index is 0.623. The molecule has 0 aliphatic heterocycles. The van der Waals surface area contributed by atoms with E-state index in [1.807, 2.05) is 53.8 Å². The molecule has 0 saturated carbocycles. The number of para-hydroxylation sites is 1. The fourth-order valence-electron chi connectivity index (χ4n) is 6.76. The molecule has 10 aromatic rings. The van der Waals surface area contributed by atoms with Crippen molar-refractivity contribution in [3.63, 3.8) is 0 Å². The third-order valence-corrected chi connectivity index (χ3v) is 10.0. The molecule has 0 aliphatic carbocycles. The Hall–Kier alpha value is -5.91. The summed E-state index contributed by atoms with van der Waals surface area (Å²) in [6.45, 7) is 0. The number of hydrogen-bond acceptors (Lipinski definition) is 5. The van der Waals surface area contributed by atoms with Crippen molar-refractivity contribution in [1.29, 1.82) is 0 Å². The molecule has 5 heteroatoms. The molecule has 3 heterocycles. The van der Waals surface area contributed by atoms with Crippen molar-refractivity contribution >= 4 is 92.4 Å². The van der Waals surface area contributed by atoms with Crippen LogP contribution in [-0.4, -0.2) is 4.98 Å². The first-order valence-corrected chi connectivity index (χ1v) is 16.1. The highest BCUT2D eigenvalue weighted by Crippen LogP contribution is 2.45. The monoisotopic (exact) mass is 608 g/mol. The van der Waals surface area contributed by atoms with Gasteiger partial charge in [0.15, 0.2) is 5.58 Å². The molecule has 46 heavy (non-hydrogen) atoms. The van der Waals surface area contributed by atoms with Crippen LogP contribution in [0.25, 0.3) is 75.4 Å². The van der Waals surface area contributed by atoms with E-state index >= 15 is 0 Å². The van der Waals surface area contributed by atoms with Gasteiger partial charge in [-0.25, -0.2) is 4.98 Å². The number of oxazole rings is 1. The highest BCUT2D eigenvalue weighted by atomic mass is 32.1. The zero-order valence-corrected chi connectivity index (χ0v) is 25.3. The molecule has 216 valence electrons. The van der Waals surface area contributed by atoms with Crippen LogP contribution in [0.3, 0.4) is 0 Å².